The number of fused-ring (bicyclic) bond motifs is 1. The summed E-state index contributed by atoms with van der Waals surface area (Å²) in [5.41, 5.74) is 2.18. The summed E-state index contributed by atoms with van der Waals surface area (Å²) >= 11 is 0. The Morgan fingerprint density at radius 2 is 1.59 bits per heavy atom. The van der Waals surface area contributed by atoms with Crippen LogP contribution in [0.5, 0.6) is 0 Å². The Bertz CT molecular complexity index is 1460. The van der Waals surface area contributed by atoms with Gasteiger partial charge in [0.2, 0.25) is 5.95 Å². The van der Waals surface area contributed by atoms with Gasteiger partial charge in [0.25, 0.3) is 5.91 Å². The lowest BCUT2D eigenvalue weighted by Gasteiger charge is -2.27. The molecule has 2 aliphatic heterocycles. The van der Waals surface area contributed by atoms with Gasteiger partial charge in [-0.25, -0.2) is 13.8 Å². The molecule has 9 nitrogen and oxygen atoms in total. The Hall–Kier alpha value is -3.93. The average Bonchev–Trinajstić information content (AvgIpc) is 3.39. The fourth-order valence-corrected chi connectivity index (χ4v) is 4.82. The molecule has 1 amide bonds. The van der Waals surface area contributed by atoms with E-state index in [2.05, 4.69) is 15.3 Å². The molecule has 202 valence electrons. The number of carbonyl (C=O) groups is 1. The van der Waals surface area contributed by atoms with Crippen LogP contribution in [-0.4, -0.2) is 82.8 Å². The van der Waals surface area contributed by atoms with E-state index in [9.17, 15) is 4.79 Å². The zero-order chi connectivity index (χ0) is 26.8. The lowest BCUT2D eigenvalue weighted by Crippen LogP contribution is -2.40. The Morgan fingerprint density at radius 1 is 0.923 bits per heavy atom. The number of anilines is 2. The molecule has 2 fully saturated rings. The average molecular weight is 535 g/mol. The topological polar surface area (TPSA) is 84.8 Å². The van der Waals surface area contributed by atoms with Crippen molar-refractivity contribution in [3.63, 3.8) is 0 Å². The molecule has 4 aromatic rings. The third-order valence-electron chi connectivity index (χ3n) is 7.00. The van der Waals surface area contributed by atoms with E-state index in [1.807, 2.05) is 4.90 Å². The van der Waals surface area contributed by atoms with Crippen LogP contribution in [0.25, 0.3) is 16.7 Å². The number of aromatic nitrogens is 3. The van der Waals surface area contributed by atoms with Gasteiger partial charge in [-0.1, -0.05) is 0 Å². The van der Waals surface area contributed by atoms with Crippen LogP contribution in [0.2, 0.25) is 0 Å². The number of rotatable bonds is 6. The maximum atomic E-state index is 15.0. The highest BCUT2D eigenvalue weighted by molar-refractivity contribution is 5.94. The van der Waals surface area contributed by atoms with Gasteiger partial charge in [0, 0.05) is 67.3 Å². The van der Waals surface area contributed by atoms with Crippen molar-refractivity contribution in [2.75, 3.05) is 57.9 Å². The molecule has 0 radical (unpaired) electrons. The number of ether oxygens (including phenoxy) is 2. The number of benzene rings is 2. The summed E-state index contributed by atoms with van der Waals surface area (Å²) in [6.45, 7) is 4.85. The molecule has 0 atom stereocenters. The van der Waals surface area contributed by atoms with E-state index >= 15 is 8.78 Å². The van der Waals surface area contributed by atoms with Gasteiger partial charge >= 0.3 is 0 Å². The predicted molar refractivity (Wildman–Crippen MR) is 141 cm³/mol. The SMILES string of the molecule is O=C(c1ccc(Nc2ncc3ccn(-c4cc(F)c(CN5CCOCC5)c(F)c4)c3n2)cc1)N1CCOCC1. The molecule has 2 aliphatic rings. The van der Waals surface area contributed by atoms with E-state index in [0.29, 0.717) is 81.1 Å². The normalized spacial score (nSPS) is 16.5. The van der Waals surface area contributed by atoms with E-state index in [1.165, 1.54) is 12.1 Å². The highest BCUT2D eigenvalue weighted by Gasteiger charge is 2.20. The van der Waals surface area contributed by atoms with Crippen LogP contribution in [0.3, 0.4) is 0 Å². The first-order chi connectivity index (χ1) is 19.0. The van der Waals surface area contributed by atoms with Gasteiger partial charge in [-0.2, -0.15) is 4.98 Å². The van der Waals surface area contributed by atoms with Gasteiger partial charge in [0.15, 0.2) is 0 Å². The van der Waals surface area contributed by atoms with E-state index in [1.54, 1.807) is 52.2 Å². The van der Waals surface area contributed by atoms with Crippen LogP contribution in [-0.2, 0) is 16.0 Å². The van der Waals surface area contributed by atoms with Crippen molar-refractivity contribution < 1.29 is 23.0 Å². The van der Waals surface area contributed by atoms with Gasteiger partial charge in [-0.05, 0) is 42.5 Å². The monoisotopic (exact) mass is 534 g/mol. The van der Waals surface area contributed by atoms with Gasteiger partial charge in [-0.15, -0.1) is 0 Å². The van der Waals surface area contributed by atoms with E-state index in [-0.39, 0.29) is 18.0 Å². The molecule has 0 unspecified atom stereocenters. The first-order valence-electron chi connectivity index (χ1n) is 12.9. The van der Waals surface area contributed by atoms with Gasteiger partial charge in [0.05, 0.1) is 32.1 Å². The maximum absolute atomic E-state index is 15.0. The second kappa shape index (κ2) is 11.0. The van der Waals surface area contributed by atoms with Crippen LogP contribution in [0.15, 0.2) is 54.9 Å². The molecule has 2 aromatic carbocycles. The molecule has 11 heteroatoms. The van der Waals surface area contributed by atoms with Gasteiger partial charge in [0.1, 0.15) is 17.3 Å². The molecular formula is C28H28F2N6O3. The van der Waals surface area contributed by atoms with Crippen LogP contribution in [0.1, 0.15) is 15.9 Å². The highest BCUT2D eigenvalue weighted by Crippen LogP contribution is 2.25. The van der Waals surface area contributed by atoms with Crippen LogP contribution < -0.4 is 5.32 Å². The first kappa shape index (κ1) is 25.4. The number of amides is 1. The summed E-state index contributed by atoms with van der Waals surface area (Å²) in [6.07, 6.45) is 3.36. The van der Waals surface area contributed by atoms with Crippen molar-refractivity contribution in [3.8, 4) is 5.69 Å². The summed E-state index contributed by atoms with van der Waals surface area (Å²) in [5, 5.41) is 3.87. The number of hydrogen-bond acceptors (Lipinski definition) is 7. The smallest absolute Gasteiger partial charge is 0.254 e. The van der Waals surface area contributed by atoms with Crippen molar-refractivity contribution >= 4 is 28.6 Å². The fraction of sp³-hybridized carbons (Fsp3) is 0.321. The van der Waals surface area contributed by atoms with Crippen LogP contribution in [0.4, 0.5) is 20.4 Å². The minimum absolute atomic E-state index is 0.0317. The molecule has 0 saturated carbocycles. The number of carbonyl (C=O) groups excluding carboxylic acids is 1. The standard InChI is InChI=1S/C28H28F2N6O3/c29-24-15-22(16-25(30)23(24)18-34-7-11-38-12-8-34)36-6-5-20-17-31-28(33-26(20)36)32-21-3-1-19(2-4-21)27(37)35-9-13-39-14-10-35/h1-6,15-17H,7-14,18H2,(H,31,32,33). The summed E-state index contributed by atoms with van der Waals surface area (Å²) in [6, 6.07) is 11.5. The number of nitrogens with zero attached hydrogens (tertiary/aromatic N) is 5. The van der Waals surface area contributed by atoms with E-state index < -0.39 is 11.6 Å². The van der Waals surface area contributed by atoms with Crippen molar-refractivity contribution in [3.05, 3.63) is 77.6 Å². The number of morpholine rings is 2. The van der Waals surface area contributed by atoms with E-state index in [0.717, 1.165) is 5.39 Å². The Labute approximate surface area is 224 Å². The fourth-order valence-electron chi connectivity index (χ4n) is 4.82. The number of halogens is 2. The molecule has 6 rings (SSSR count). The number of nitrogens with one attached hydrogen (secondary N) is 1. The maximum Gasteiger partial charge on any atom is 0.254 e. The Morgan fingerprint density at radius 3 is 2.28 bits per heavy atom. The van der Waals surface area contributed by atoms with Crippen LogP contribution in [0, 0.1) is 11.6 Å². The summed E-state index contributed by atoms with van der Waals surface area (Å²) in [7, 11) is 0. The van der Waals surface area contributed by atoms with Crippen molar-refractivity contribution in [1.82, 2.24) is 24.3 Å². The summed E-state index contributed by atoms with van der Waals surface area (Å²) in [5.74, 6) is -0.912. The molecule has 1 N–H and O–H groups in total. The molecule has 2 aromatic heterocycles. The zero-order valence-electron chi connectivity index (χ0n) is 21.3. The van der Waals surface area contributed by atoms with Crippen molar-refractivity contribution in [2.24, 2.45) is 0 Å². The molecular weight excluding hydrogens is 506 g/mol. The summed E-state index contributed by atoms with van der Waals surface area (Å²) < 4.78 is 42.4. The molecule has 39 heavy (non-hydrogen) atoms. The van der Waals surface area contributed by atoms with E-state index in [4.69, 9.17) is 9.47 Å². The Kier molecular flexibility index (Phi) is 7.18. The third-order valence-corrected chi connectivity index (χ3v) is 7.00. The molecule has 0 spiro atoms. The highest BCUT2D eigenvalue weighted by atomic mass is 19.1. The lowest BCUT2D eigenvalue weighted by molar-refractivity contribution is 0.0303. The second-order valence-electron chi connectivity index (χ2n) is 9.54. The quantitative estimate of drug-likeness (QED) is 0.403. The van der Waals surface area contributed by atoms with Gasteiger partial charge < -0.3 is 24.3 Å². The minimum Gasteiger partial charge on any atom is -0.379 e. The minimum atomic E-state index is -0.600. The molecule has 2 saturated heterocycles. The predicted octanol–water partition coefficient (Wildman–Crippen LogP) is 3.75. The van der Waals surface area contributed by atoms with Crippen molar-refractivity contribution in [2.45, 2.75) is 6.54 Å². The van der Waals surface area contributed by atoms with Crippen molar-refractivity contribution in [1.29, 1.82) is 0 Å². The zero-order valence-corrected chi connectivity index (χ0v) is 21.3. The first-order valence-corrected chi connectivity index (χ1v) is 12.9. The van der Waals surface area contributed by atoms with Crippen LogP contribution >= 0.6 is 0 Å². The number of hydrogen-bond donors (Lipinski definition) is 1. The molecule has 0 aliphatic carbocycles. The largest absolute Gasteiger partial charge is 0.379 e. The second-order valence-corrected chi connectivity index (χ2v) is 9.54. The third kappa shape index (κ3) is 5.47. The lowest BCUT2D eigenvalue weighted by atomic mass is 10.1. The molecule has 0 bridgehead atoms. The molecule has 4 heterocycles. The Balaban J connectivity index is 1.21. The summed E-state index contributed by atoms with van der Waals surface area (Å²) in [4.78, 5) is 25.4. The van der Waals surface area contributed by atoms with Gasteiger partial charge in [-0.3, -0.25) is 9.69 Å².